The lowest BCUT2D eigenvalue weighted by Crippen LogP contribution is -2.47. The highest BCUT2D eigenvalue weighted by Crippen LogP contribution is 2.22. The maximum Gasteiger partial charge on any atom is 0.252 e. The van der Waals surface area contributed by atoms with Gasteiger partial charge in [-0.15, -0.1) is 0 Å². The quantitative estimate of drug-likeness (QED) is 0.617. The zero-order valence-electron chi connectivity index (χ0n) is 18.4. The molecule has 1 aliphatic rings. The Bertz CT molecular complexity index is 1090. The molecule has 0 unspecified atom stereocenters. The first-order valence-electron chi connectivity index (χ1n) is 10.7. The molecule has 7 nitrogen and oxygen atoms in total. The molecule has 3 aromatic rings. The Morgan fingerprint density at radius 1 is 1.16 bits per heavy atom. The second-order valence-electron chi connectivity index (χ2n) is 8.11. The number of rotatable bonds is 6. The lowest BCUT2D eigenvalue weighted by Gasteiger charge is -2.36. The van der Waals surface area contributed by atoms with Crippen molar-refractivity contribution in [1.82, 2.24) is 25.0 Å². The fraction of sp³-hybridized carbons (Fsp3) is 0.435. The van der Waals surface area contributed by atoms with Crippen LogP contribution in [-0.2, 0) is 7.05 Å². The van der Waals surface area contributed by atoms with Crippen molar-refractivity contribution in [2.45, 2.75) is 20.3 Å². The van der Waals surface area contributed by atoms with E-state index < -0.39 is 0 Å². The van der Waals surface area contributed by atoms with Gasteiger partial charge < -0.3 is 10.2 Å². The summed E-state index contributed by atoms with van der Waals surface area (Å²) >= 11 is 0. The number of pyridine rings is 1. The average molecular weight is 425 g/mol. The van der Waals surface area contributed by atoms with Crippen LogP contribution in [0.1, 0.15) is 28.2 Å². The Morgan fingerprint density at radius 3 is 2.65 bits per heavy atom. The van der Waals surface area contributed by atoms with Crippen molar-refractivity contribution in [2.24, 2.45) is 7.05 Å². The molecule has 8 heteroatoms. The number of fused-ring (bicyclic) bond motifs is 1. The third-order valence-electron chi connectivity index (χ3n) is 5.84. The number of piperazine rings is 1. The summed E-state index contributed by atoms with van der Waals surface area (Å²) in [5, 5.41) is 8.27. The second-order valence-corrected chi connectivity index (χ2v) is 8.11. The van der Waals surface area contributed by atoms with Crippen molar-refractivity contribution in [3.05, 3.63) is 53.1 Å². The van der Waals surface area contributed by atoms with Crippen molar-refractivity contribution in [1.29, 1.82) is 0 Å². The number of para-hydroxylation sites is 1. The monoisotopic (exact) mass is 424 g/mol. The molecule has 0 radical (unpaired) electrons. The highest BCUT2D eigenvalue weighted by atomic mass is 19.1. The van der Waals surface area contributed by atoms with Crippen LogP contribution in [0, 0.1) is 19.7 Å². The Kier molecular flexibility index (Phi) is 6.18. The minimum Gasteiger partial charge on any atom is -0.367 e. The minimum atomic E-state index is -0.164. The highest BCUT2D eigenvalue weighted by Gasteiger charge is 2.20. The van der Waals surface area contributed by atoms with Gasteiger partial charge in [0.1, 0.15) is 5.82 Å². The maximum absolute atomic E-state index is 14.0. The predicted octanol–water partition coefficient (Wildman–Crippen LogP) is 2.67. The first-order valence-corrected chi connectivity index (χ1v) is 10.7. The van der Waals surface area contributed by atoms with E-state index in [2.05, 4.69) is 25.2 Å². The number of aromatic nitrogens is 3. The molecule has 0 bridgehead atoms. The molecule has 1 saturated heterocycles. The molecule has 1 fully saturated rings. The summed E-state index contributed by atoms with van der Waals surface area (Å²) in [6.45, 7) is 8.69. The van der Waals surface area contributed by atoms with Crippen molar-refractivity contribution < 1.29 is 9.18 Å². The Morgan fingerprint density at radius 2 is 1.90 bits per heavy atom. The van der Waals surface area contributed by atoms with E-state index in [1.807, 2.05) is 39.1 Å². The number of carbonyl (C=O) groups excluding carboxylic acids is 1. The van der Waals surface area contributed by atoms with Crippen LogP contribution in [-0.4, -0.2) is 64.8 Å². The number of hydrogen-bond acceptors (Lipinski definition) is 5. The van der Waals surface area contributed by atoms with Gasteiger partial charge in [-0.2, -0.15) is 5.10 Å². The first kappa shape index (κ1) is 21.2. The summed E-state index contributed by atoms with van der Waals surface area (Å²) in [4.78, 5) is 21.8. The molecule has 2 aromatic heterocycles. The molecular weight excluding hydrogens is 395 g/mol. The summed E-state index contributed by atoms with van der Waals surface area (Å²) in [5.74, 6) is -0.251. The van der Waals surface area contributed by atoms with Gasteiger partial charge in [0, 0.05) is 45.5 Å². The van der Waals surface area contributed by atoms with Gasteiger partial charge in [0.25, 0.3) is 5.91 Å². The minimum absolute atomic E-state index is 0.0871. The van der Waals surface area contributed by atoms with Crippen LogP contribution in [0.15, 0.2) is 30.3 Å². The molecule has 1 N–H and O–H groups in total. The second kappa shape index (κ2) is 9.01. The summed E-state index contributed by atoms with van der Waals surface area (Å²) < 4.78 is 15.7. The fourth-order valence-electron chi connectivity index (χ4n) is 4.27. The molecule has 1 aliphatic heterocycles. The van der Waals surface area contributed by atoms with E-state index in [0.29, 0.717) is 17.8 Å². The van der Waals surface area contributed by atoms with Crippen molar-refractivity contribution in [3.8, 4) is 0 Å². The highest BCUT2D eigenvalue weighted by molar-refractivity contribution is 6.06. The van der Waals surface area contributed by atoms with Crippen LogP contribution < -0.4 is 10.2 Å². The van der Waals surface area contributed by atoms with Gasteiger partial charge in [-0.3, -0.25) is 14.4 Å². The van der Waals surface area contributed by atoms with Gasteiger partial charge >= 0.3 is 0 Å². The summed E-state index contributed by atoms with van der Waals surface area (Å²) in [6.07, 6.45) is 0.866. The zero-order chi connectivity index (χ0) is 22.0. The van der Waals surface area contributed by atoms with Crippen molar-refractivity contribution >= 4 is 22.6 Å². The van der Waals surface area contributed by atoms with E-state index in [0.717, 1.165) is 61.6 Å². The number of halogens is 1. The van der Waals surface area contributed by atoms with Gasteiger partial charge in [-0.25, -0.2) is 9.37 Å². The van der Waals surface area contributed by atoms with Gasteiger partial charge in [0.05, 0.1) is 22.3 Å². The molecule has 0 spiro atoms. The van der Waals surface area contributed by atoms with E-state index in [9.17, 15) is 9.18 Å². The molecule has 4 rings (SSSR count). The molecule has 0 aliphatic carbocycles. The lowest BCUT2D eigenvalue weighted by molar-refractivity contribution is 0.0953. The molecule has 1 amide bonds. The predicted molar refractivity (Wildman–Crippen MR) is 120 cm³/mol. The molecule has 3 heterocycles. The van der Waals surface area contributed by atoms with Crippen LogP contribution in [0.4, 0.5) is 10.1 Å². The Balaban J connectivity index is 1.27. The summed E-state index contributed by atoms with van der Waals surface area (Å²) in [6, 6.07) is 8.77. The molecule has 0 saturated carbocycles. The average Bonchev–Trinajstić information content (AvgIpc) is 3.04. The number of aryl methyl sites for hydroxylation is 3. The number of nitrogens with one attached hydrogen (secondary N) is 1. The van der Waals surface area contributed by atoms with Crippen LogP contribution in [0.2, 0.25) is 0 Å². The topological polar surface area (TPSA) is 66.3 Å². The number of carbonyl (C=O) groups is 1. The number of anilines is 1. The largest absolute Gasteiger partial charge is 0.367 e. The van der Waals surface area contributed by atoms with Crippen LogP contribution in [0.5, 0.6) is 0 Å². The lowest BCUT2D eigenvalue weighted by atomic mass is 10.1. The Labute approximate surface area is 181 Å². The van der Waals surface area contributed by atoms with Gasteiger partial charge in [-0.05, 0) is 45.0 Å². The van der Waals surface area contributed by atoms with Crippen LogP contribution in [0.25, 0.3) is 11.0 Å². The number of amides is 1. The smallest absolute Gasteiger partial charge is 0.252 e. The molecule has 1 aromatic carbocycles. The fourth-order valence-corrected chi connectivity index (χ4v) is 4.27. The van der Waals surface area contributed by atoms with Crippen molar-refractivity contribution in [2.75, 3.05) is 44.2 Å². The normalized spacial score (nSPS) is 14.9. The molecular formula is C23H29FN6O. The standard InChI is InChI=1S/C23H29FN6O/c1-16-15-18(21-17(2)27-28(3)22(21)26-16)23(31)25-9-6-10-29-11-13-30(14-12-29)20-8-5-4-7-19(20)24/h4-5,7-8,15H,6,9-14H2,1-3H3,(H,25,31). The molecule has 164 valence electrons. The Hall–Kier alpha value is -3.00. The van der Waals surface area contributed by atoms with E-state index in [1.165, 1.54) is 6.07 Å². The summed E-state index contributed by atoms with van der Waals surface area (Å²) in [5.41, 5.74) is 3.65. The number of hydrogen-bond donors (Lipinski definition) is 1. The van der Waals surface area contributed by atoms with E-state index in [1.54, 1.807) is 10.7 Å². The number of nitrogens with zero attached hydrogens (tertiary/aromatic N) is 5. The van der Waals surface area contributed by atoms with E-state index in [-0.39, 0.29) is 11.7 Å². The van der Waals surface area contributed by atoms with Gasteiger partial charge in [-0.1, -0.05) is 12.1 Å². The summed E-state index contributed by atoms with van der Waals surface area (Å²) in [7, 11) is 1.84. The third-order valence-corrected chi connectivity index (χ3v) is 5.84. The van der Waals surface area contributed by atoms with Gasteiger partial charge in [0.15, 0.2) is 5.65 Å². The van der Waals surface area contributed by atoms with Crippen molar-refractivity contribution in [3.63, 3.8) is 0 Å². The molecule has 0 atom stereocenters. The third kappa shape index (κ3) is 4.54. The first-order chi connectivity index (χ1) is 14.9. The maximum atomic E-state index is 14.0. The van der Waals surface area contributed by atoms with E-state index in [4.69, 9.17) is 0 Å². The van der Waals surface area contributed by atoms with Crippen LogP contribution in [0.3, 0.4) is 0 Å². The van der Waals surface area contributed by atoms with Crippen LogP contribution >= 0.6 is 0 Å². The van der Waals surface area contributed by atoms with Gasteiger partial charge in [0.2, 0.25) is 0 Å². The molecule has 31 heavy (non-hydrogen) atoms. The SMILES string of the molecule is Cc1cc(C(=O)NCCCN2CCN(c3ccccc3F)CC2)c2c(C)nn(C)c2n1. The zero-order valence-corrected chi connectivity index (χ0v) is 18.4. The van der Waals surface area contributed by atoms with E-state index >= 15 is 0 Å². The number of benzene rings is 1.